The van der Waals surface area contributed by atoms with Crippen LogP contribution in [0.3, 0.4) is 0 Å². The second-order valence-electron chi connectivity index (χ2n) is 7.09. The molecule has 0 unspecified atom stereocenters. The molecule has 8 nitrogen and oxygen atoms in total. The summed E-state index contributed by atoms with van der Waals surface area (Å²) in [7, 11) is -3.64. The molecule has 0 fully saturated rings. The molecule has 0 aliphatic rings. The van der Waals surface area contributed by atoms with E-state index in [9.17, 15) is 18.0 Å². The van der Waals surface area contributed by atoms with Crippen LogP contribution in [-0.4, -0.2) is 50.9 Å². The maximum absolute atomic E-state index is 12.6. The first-order valence-electron chi connectivity index (χ1n) is 10.5. The zero-order valence-electron chi connectivity index (χ0n) is 18.7. The number of carbonyl (C=O) groups excluding carboxylic acids is 2. The van der Waals surface area contributed by atoms with E-state index < -0.39 is 28.5 Å². The lowest BCUT2D eigenvalue weighted by atomic mass is 10.2. The highest BCUT2D eigenvalue weighted by molar-refractivity contribution is 7.89. The SMILES string of the molecule is CCN(CC)S(=O)(=O)c1cccc(NC(=O)COC(=O)CCCOc2cccc(C)c2)c1. The Morgan fingerprint density at radius 1 is 1.03 bits per heavy atom. The average Bonchev–Trinajstić information content (AvgIpc) is 2.76. The van der Waals surface area contributed by atoms with E-state index in [4.69, 9.17) is 9.47 Å². The van der Waals surface area contributed by atoms with Gasteiger partial charge in [-0.2, -0.15) is 4.31 Å². The van der Waals surface area contributed by atoms with Crippen LogP contribution < -0.4 is 10.1 Å². The molecule has 0 bridgehead atoms. The van der Waals surface area contributed by atoms with E-state index in [0.29, 0.717) is 31.8 Å². The van der Waals surface area contributed by atoms with Crippen molar-refractivity contribution in [3.63, 3.8) is 0 Å². The summed E-state index contributed by atoms with van der Waals surface area (Å²) in [6.45, 7) is 6.09. The summed E-state index contributed by atoms with van der Waals surface area (Å²) in [5.41, 5.74) is 1.40. The molecule has 9 heteroatoms. The van der Waals surface area contributed by atoms with Gasteiger partial charge in [-0.1, -0.05) is 32.0 Å². The fourth-order valence-electron chi connectivity index (χ4n) is 2.97. The topological polar surface area (TPSA) is 102 Å². The number of hydrogen-bond donors (Lipinski definition) is 1. The number of hydrogen-bond acceptors (Lipinski definition) is 6. The van der Waals surface area contributed by atoms with E-state index >= 15 is 0 Å². The number of sulfonamides is 1. The standard InChI is InChI=1S/C23H30N2O6S/c1-4-25(5-2)32(28,29)21-12-7-10-19(16-21)24-22(26)17-31-23(27)13-8-14-30-20-11-6-9-18(3)15-20/h6-7,9-12,15-16H,4-5,8,13-14,17H2,1-3H3,(H,24,26). The van der Waals surface area contributed by atoms with E-state index in [1.807, 2.05) is 31.2 Å². The highest BCUT2D eigenvalue weighted by Crippen LogP contribution is 2.19. The molecule has 0 saturated carbocycles. The Morgan fingerprint density at radius 3 is 2.44 bits per heavy atom. The van der Waals surface area contributed by atoms with Crippen molar-refractivity contribution in [3.05, 3.63) is 54.1 Å². The van der Waals surface area contributed by atoms with E-state index in [1.54, 1.807) is 26.0 Å². The number of aryl methyl sites for hydroxylation is 1. The molecule has 2 rings (SSSR count). The number of ether oxygens (including phenoxy) is 2. The fraction of sp³-hybridized carbons (Fsp3) is 0.391. The van der Waals surface area contributed by atoms with Gasteiger partial charge in [-0.25, -0.2) is 8.42 Å². The molecule has 0 spiro atoms. The molecule has 0 aliphatic heterocycles. The minimum atomic E-state index is -3.64. The maximum atomic E-state index is 12.6. The van der Waals surface area contributed by atoms with Gasteiger partial charge in [0.15, 0.2) is 6.61 Å². The van der Waals surface area contributed by atoms with Crippen molar-refractivity contribution in [2.45, 2.75) is 38.5 Å². The van der Waals surface area contributed by atoms with E-state index in [0.717, 1.165) is 11.3 Å². The van der Waals surface area contributed by atoms with Gasteiger partial charge >= 0.3 is 5.97 Å². The number of esters is 1. The quantitative estimate of drug-likeness (QED) is 0.383. The van der Waals surface area contributed by atoms with Gasteiger partial charge in [-0.15, -0.1) is 0 Å². The van der Waals surface area contributed by atoms with Crippen LogP contribution in [0.1, 0.15) is 32.3 Å². The van der Waals surface area contributed by atoms with E-state index in [1.165, 1.54) is 16.4 Å². The molecule has 32 heavy (non-hydrogen) atoms. The van der Waals surface area contributed by atoms with Crippen LogP contribution in [0.25, 0.3) is 0 Å². The van der Waals surface area contributed by atoms with Crippen molar-refractivity contribution in [2.75, 3.05) is 31.6 Å². The molecular formula is C23H30N2O6S. The van der Waals surface area contributed by atoms with Crippen molar-refractivity contribution >= 4 is 27.6 Å². The van der Waals surface area contributed by atoms with Crippen LogP contribution in [0.15, 0.2) is 53.4 Å². The molecule has 2 aromatic carbocycles. The van der Waals surface area contributed by atoms with Crippen LogP contribution in [-0.2, 0) is 24.3 Å². The van der Waals surface area contributed by atoms with Gasteiger partial charge in [-0.3, -0.25) is 9.59 Å². The first kappa shape index (κ1) is 25.4. The molecule has 2 aromatic rings. The predicted octanol–water partition coefficient (Wildman–Crippen LogP) is 3.37. The zero-order valence-corrected chi connectivity index (χ0v) is 19.5. The Kier molecular flexibility index (Phi) is 9.67. The molecule has 0 saturated heterocycles. The fourth-order valence-corrected chi connectivity index (χ4v) is 4.48. The van der Waals surface area contributed by atoms with Gasteiger partial charge < -0.3 is 14.8 Å². The van der Waals surface area contributed by atoms with Crippen LogP contribution in [0.4, 0.5) is 5.69 Å². The molecule has 1 N–H and O–H groups in total. The van der Waals surface area contributed by atoms with Gasteiger partial charge in [0.25, 0.3) is 5.91 Å². The van der Waals surface area contributed by atoms with Crippen molar-refractivity contribution < 1.29 is 27.5 Å². The number of anilines is 1. The maximum Gasteiger partial charge on any atom is 0.306 e. The normalized spacial score (nSPS) is 11.2. The first-order chi connectivity index (χ1) is 15.3. The molecule has 174 valence electrons. The number of amides is 1. The third-order valence-electron chi connectivity index (χ3n) is 4.61. The van der Waals surface area contributed by atoms with Gasteiger partial charge in [0.2, 0.25) is 10.0 Å². The summed E-state index contributed by atoms with van der Waals surface area (Å²) in [5, 5.41) is 2.55. The van der Waals surface area contributed by atoms with Crippen molar-refractivity contribution in [1.29, 1.82) is 0 Å². The van der Waals surface area contributed by atoms with Crippen LogP contribution in [0.5, 0.6) is 5.75 Å². The second kappa shape index (κ2) is 12.2. The molecular weight excluding hydrogens is 432 g/mol. The van der Waals surface area contributed by atoms with Crippen molar-refractivity contribution in [3.8, 4) is 5.75 Å². The number of rotatable bonds is 12. The van der Waals surface area contributed by atoms with E-state index in [2.05, 4.69) is 5.32 Å². The summed E-state index contributed by atoms with van der Waals surface area (Å²) in [4.78, 5) is 24.0. The summed E-state index contributed by atoms with van der Waals surface area (Å²) < 4.78 is 37.1. The van der Waals surface area contributed by atoms with Gasteiger partial charge in [0, 0.05) is 25.2 Å². The highest BCUT2D eigenvalue weighted by Gasteiger charge is 2.22. The van der Waals surface area contributed by atoms with Crippen molar-refractivity contribution in [2.24, 2.45) is 0 Å². The number of carbonyl (C=O) groups is 2. The first-order valence-corrected chi connectivity index (χ1v) is 12.0. The van der Waals surface area contributed by atoms with Gasteiger partial charge in [0.05, 0.1) is 11.5 Å². The van der Waals surface area contributed by atoms with Crippen LogP contribution in [0, 0.1) is 6.92 Å². The molecule has 0 heterocycles. The minimum Gasteiger partial charge on any atom is -0.494 e. The lowest BCUT2D eigenvalue weighted by Crippen LogP contribution is -2.30. The number of benzene rings is 2. The summed E-state index contributed by atoms with van der Waals surface area (Å²) in [6, 6.07) is 13.6. The third kappa shape index (κ3) is 7.65. The second-order valence-corrected chi connectivity index (χ2v) is 9.03. The minimum absolute atomic E-state index is 0.0876. The molecule has 0 aliphatic carbocycles. The lowest BCUT2D eigenvalue weighted by Gasteiger charge is -2.18. The Hall–Kier alpha value is -2.91. The molecule has 0 aromatic heterocycles. The lowest BCUT2D eigenvalue weighted by molar-refractivity contribution is -0.147. The van der Waals surface area contributed by atoms with E-state index in [-0.39, 0.29) is 11.3 Å². The Balaban J connectivity index is 1.77. The number of nitrogens with one attached hydrogen (secondary N) is 1. The largest absolute Gasteiger partial charge is 0.494 e. The third-order valence-corrected chi connectivity index (χ3v) is 6.65. The average molecular weight is 463 g/mol. The number of nitrogens with zero attached hydrogens (tertiary/aromatic N) is 1. The zero-order chi connectivity index (χ0) is 23.6. The summed E-state index contributed by atoms with van der Waals surface area (Å²) >= 11 is 0. The highest BCUT2D eigenvalue weighted by atomic mass is 32.2. The Bertz CT molecular complexity index is 1020. The van der Waals surface area contributed by atoms with Gasteiger partial charge in [-0.05, 0) is 49.2 Å². The Morgan fingerprint density at radius 2 is 1.75 bits per heavy atom. The van der Waals surface area contributed by atoms with Crippen LogP contribution in [0.2, 0.25) is 0 Å². The smallest absolute Gasteiger partial charge is 0.306 e. The monoisotopic (exact) mass is 462 g/mol. The molecule has 0 radical (unpaired) electrons. The predicted molar refractivity (Wildman–Crippen MR) is 122 cm³/mol. The van der Waals surface area contributed by atoms with Gasteiger partial charge in [0.1, 0.15) is 5.75 Å². The summed E-state index contributed by atoms with van der Waals surface area (Å²) in [6.07, 6.45) is 0.580. The Labute approximate surface area is 189 Å². The summed E-state index contributed by atoms with van der Waals surface area (Å²) in [5.74, 6) is -0.319. The molecule has 1 amide bonds. The van der Waals surface area contributed by atoms with Crippen LogP contribution >= 0.6 is 0 Å². The van der Waals surface area contributed by atoms with Crippen molar-refractivity contribution in [1.82, 2.24) is 4.31 Å². The molecule has 0 atom stereocenters.